The second kappa shape index (κ2) is 6.56. The zero-order valence-corrected chi connectivity index (χ0v) is 11.1. The quantitative estimate of drug-likeness (QED) is 0.815. The van der Waals surface area contributed by atoms with Gasteiger partial charge in [-0.3, -0.25) is 0 Å². The smallest absolute Gasteiger partial charge is 0.433 e. The predicted octanol–water partition coefficient (Wildman–Crippen LogP) is 2.27. The summed E-state index contributed by atoms with van der Waals surface area (Å²) in [5.74, 6) is -1.56. The van der Waals surface area contributed by atoms with E-state index in [0.717, 1.165) is 6.07 Å². The van der Waals surface area contributed by atoms with Gasteiger partial charge in [0.2, 0.25) is 0 Å². The molecule has 0 unspecified atom stereocenters. The maximum absolute atomic E-state index is 12.6. The van der Waals surface area contributed by atoms with Crippen molar-refractivity contribution in [1.82, 2.24) is 4.98 Å². The molecular formula is C12H15F3N2O3. The SMILES string of the molecule is CCOCCN(C)c1nc(C(F)(F)F)ccc1C(=O)O. The van der Waals surface area contributed by atoms with Gasteiger partial charge < -0.3 is 14.7 Å². The van der Waals surface area contributed by atoms with Gasteiger partial charge in [0.05, 0.1) is 6.61 Å². The standard InChI is InChI=1S/C12H15F3N2O3/c1-3-20-7-6-17(2)10-8(11(18)19)4-5-9(16-10)12(13,14)15/h4-5H,3,6-7H2,1-2H3,(H,18,19). The Balaban J connectivity index is 3.08. The lowest BCUT2D eigenvalue weighted by Crippen LogP contribution is -2.26. The molecule has 0 amide bonds. The molecule has 0 saturated heterocycles. The van der Waals surface area contributed by atoms with E-state index in [4.69, 9.17) is 9.84 Å². The van der Waals surface area contributed by atoms with Crippen molar-refractivity contribution in [2.45, 2.75) is 13.1 Å². The fraction of sp³-hybridized carbons (Fsp3) is 0.500. The number of ether oxygens (including phenoxy) is 1. The first kappa shape index (κ1) is 16.2. The van der Waals surface area contributed by atoms with Crippen LogP contribution < -0.4 is 4.90 Å². The van der Waals surface area contributed by atoms with E-state index >= 15 is 0 Å². The van der Waals surface area contributed by atoms with Crippen LogP contribution in [-0.2, 0) is 10.9 Å². The Morgan fingerprint density at radius 3 is 2.60 bits per heavy atom. The lowest BCUT2D eigenvalue weighted by atomic mass is 10.2. The normalized spacial score (nSPS) is 11.4. The van der Waals surface area contributed by atoms with Gasteiger partial charge in [-0.25, -0.2) is 9.78 Å². The number of hydrogen-bond donors (Lipinski definition) is 1. The van der Waals surface area contributed by atoms with Crippen molar-refractivity contribution in [3.05, 3.63) is 23.4 Å². The molecule has 0 saturated carbocycles. The molecular weight excluding hydrogens is 277 g/mol. The van der Waals surface area contributed by atoms with Crippen LogP contribution in [0.2, 0.25) is 0 Å². The molecule has 1 rings (SSSR count). The fourth-order valence-corrected chi connectivity index (χ4v) is 1.52. The third kappa shape index (κ3) is 4.09. The minimum Gasteiger partial charge on any atom is -0.478 e. The number of nitrogens with zero attached hydrogens (tertiary/aromatic N) is 2. The highest BCUT2D eigenvalue weighted by Crippen LogP contribution is 2.30. The Labute approximate surface area is 114 Å². The Hall–Kier alpha value is -1.83. The molecule has 0 bridgehead atoms. The fourth-order valence-electron chi connectivity index (χ4n) is 1.52. The van der Waals surface area contributed by atoms with Crippen molar-refractivity contribution in [1.29, 1.82) is 0 Å². The third-order valence-electron chi connectivity index (χ3n) is 2.53. The van der Waals surface area contributed by atoms with Crippen LogP contribution in [0, 0.1) is 0 Å². The van der Waals surface area contributed by atoms with Crippen molar-refractivity contribution in [2.75, 3.05) is 31.7 Å². The van der Waals surface area contributed by atoms with Crippen LogP contribution >= 0.6 is 0 Å². The molecule has 5 nitrogen and oxygen atoms in total. The Morgan fingerprint density at radius 1 is 1.45 bits per heavy atom. The highest BCUT2D eigenvalue weighted by atomic mass is 19.4. The van der Waals surface area contributed by atoms with Crippen molar-refractivity contribution in [2.24, 2.45) is 0 Å². The summed E-state index contributed by atoms with van der Waals surface area (Å²) in [6.45, 7) is 2.76. The van der Waals surface area contributed by atoms with Gasteiger partial charge >= 0.3 is 12.1 Å². The van der Waals surface area contributed by atoms with Crippen LogP contribution in [-0.4, -0.2) is 42.9 Å². The second-order valence-electron chi connectivity index (χ2n) is 3.99. The topological polar surface area (TPSA) is 62.7 Å². The third-order valence-corrected chi connectivity index (χ3v) is 2.53. The monoisotopic (exact) mass is 292 g/mol. The van der Waals surface area contributed by atoms with E-state index in [0.29, 0.717) is 12.7 Å². The van der Waals surface area contributed by atoms with Crippen LogP contribution in [0.1, 0.15) is 23.0 Å². The summed E-state index contributed by atoms with van der Waals surface area (Å²) < 4.78 is 42.9. The van der Waals surface area contributed by atoms with Crippen molar-refractivity contribution in [3.8, 4) is 0 Å². The maximum Gasteiger partial charge on any atom is 0.433 e. The number of alkyl halides is 3. The van der Waals surface area contributed by atoms with Gasteiger partial charge in [0.25, 0.3) is 0 Å². The summed E-state index contributed by atoms with van der Waals surface area (Å²) in [6.07, 6.45) is -4.62. The Bertz CT molecular complexity index is 478. The number of aromatic carboxylic acids is 1. The van der Waals surface area contributed by atoms with E-state index in [1.165, 1.54) is 11.9 Å². The van der Waals surface area contributed by atoms with Crippen LogP contribution in [0.25, 0.3) is 0 Å². The minimum absolute atomic E-state index is 0.230. The predicted molar refractivity (Wildman–Crippen MR) is 66.0 cm³/mol. The average molecular weight is 292 g/mol. The zero-order valence-electron chi connectivity index (χ0n) is 11.1. The van der Waals surface area contributed by atoms with Crippen molar-refractivity contribution in [3.63, 3.8) is 0 Å². The van der Waals surface area contributed by atoms with E-state index in [1.807, 2.05) is 0 Å². The van der Waals surface area contributed by atoms with Gasteiger partial charge in [0.1, 0.15) is 17.1 Å². The molecule has 1 aromatic heterocycles. The van der Waals surface area contributed by atoms with Crippen LogP contribution in [0.4, 0.5) is 19.0 Å². The first-order chi connectivity index (χ1) is 9.27. The number of anilines is 1. The van der Waals surface area contributed by atoms with E-state index in [1.54, 1.807) is 6.92 Å². The first-order valence-corrected chi connectivity index (χ1v) is 5.87. The molecule has 112 valence electrons. The largest absolute Gasteiger partial charge is 0.478 e. The molecule has 1 N–H and O–H groups in total. The second-order valence-corrected chi connectivity index (χ2v) is 3.99. The first-order valence-electron chi connectivity index (χ1n) is 5.87. The maximum atomic E-state index is 12.6. The van der Waals surface area contributed by atoms with Gasteiger partial charge in [0, 0.05) is 20.2 Å². The van der Waals surface area contributed by atoms with Crippen molar-refractivity contribution < 1.29 is 27.8 Å². The Morgan fingerprint density at radius 2 is 2.10 bits per heavy atom. The number of carboxylic acids is 1. The molecule has 1 heterocycles. The van der Waals surface area contributed by atoms with Crippen LogP contribution in [0.5, 0.6) is 0 Å². The van der Waals surface area contributed by atoms with Crippen molar-refractivity contribution >= 4 is 11.8 Å². The van der Waals surface area contributed by atoms with E-state index in [9.17, 15) is 18.0 Å². The summed E-state index contributed by atoms with van der Waals surface area (Å²) in [6, 6.07) is 1.56. The lowest BCUT2D eigenvalue weighted by Gasteiger charge is -2.21. The zero-order chi connectivity index (χ0) is 15.3. The van der Waals surface area contributed by atoms with Gasteiger partial charge in [-0.2, -0.15) is 13.2 Å². The highest BCUT2D eigenvalue weighted by Gasteiger charge is 2.34. The number of likely N-dealkylation sites (N-methyl/N-ethyl adjacent to an activating group) is 1. The van der Waals surface area contributed by atoms with Gasteiger partial charge in [-0.15, -0.1) is 0 Å². The van der Waals surface area contributed by atoms with E-state index in [2.05, 4.69) is 4.98 Å². The summed E-state index contributed by atoms with van der Waals surface area (Å²) >= 11 is 0. The number of rotatable bonds is 6. The number of halogens is 3. The number of aromatic nitrogens is 1. The van der Waals surface area contributed by atoms with Gasteiger partial charge in [-0.05, 0) is 19.1 Å². The van der Waals surface area contributed by atoms with E-state index in [-0.39, 0.29) is 24.5 Å². The molecule has 0 radical (unpaired) electrons. The summed E-state index contributed by atoms with van der Waals surface area (Å²) in [5.41, 5.74) is -1.40. The molecule has 20 heavy (non-hydrogen) atoms. The van der Waals surface area contributed by atoms with Gasteiger partial charge in [0.15, 0.2) is 0 Å². The average Bonchev–Trinajstić information content (AvgIpc) is 2.37. The number of carboxylic acid groups (broad SMARTS) is 1. The van der Waals surface area contributed by atoms with Gasteiger partial charge in [-0.1, -0.05) is 0 Å². The van der Waals surface area contributed by atoms with Crippen LogP contribution in [0.3, 0.4) is 0 Å². The number of hydrogen-bond acceptors (Lipinski definition) is 4. The van der Waals surface area contributed by atoms with E-state index < -0.39 is 17.8 Å². The Kier molecular flexibility index (Phi) is 5.32. The molecule has 0 aliphatic carbocycles. The molecule has 1 aromatic rings. The number of pyridine rings is 1. The number of carbonyl (C=O) groups is 1. The summed E-state index contributed by atoms with van der Waals surface area (Å²) in [7, 11) is 1.47. The molecule has 8 heteroatoms. The molecule has 0 aliphatic heterocycles. The highest BCUT2D eigenvalue weighted by molar-refractivity contribution is 5.93. The molecule has 0 aliphatic rings. The minimum atomic E-state index is -4.62. The molecule has 0 aromatic carbocycles. The molecule has 0 fully saturated rings. The summed E-state index contributed by atoms with van der Waals surface area (Å²) in [5, 5.41) is 9.00. The summed E-state index contributed by atoms with van der Waals surface area (Å²) in [4.78, 5) is 15.8. The lowest BCUT2D eigenvalue weighted by molar-refractivity contribution is -0.141. The molecule has 0 spiro atoms. The van der Waals surface area contributed by atoms with Crippen LogP contribution in [0.15, 0.2) is 12.1 Å². The molecule has 0 atom stereocenters.